The van der Waals surface area contributed by atoms with Crippen LogP contribution >= 0.6 is 0 Å². The number of nitrogens with zero attached hydrogens (tertiary/aromatic N) is 4. The molecular weight excluding hydrogens is 558 g/mol. The molecule has 0 aromatic carbocycles. The molecule has 1 unspecified atom stereocenters. The van der Waals surface area contributed by atoms with Crippen LogP contribution in [0.3, 0.4) is 0 Å². The summed E-state index contributed by atoms with van der Waals surface area (Å²) < 4.78 is 75.5. The van der Waals surface area contributed by atoms with Crippen molar-refractivity contribution in [3.8, 4) is 6.07 Å². The molecule has 0 saturated carbocycles. The van der Waals surface area contributed by atoms with Gasteiger partial charge in [0.1, 0.15) is 6.04 Å². The van der Waals surface area contributed by atoms with E-state index in [2.05, 4.69) is 31.2 Å². The van der Waals surface area contributed by atoms with Gasteiger partial charge in [-0.05, 0) is 29.4 Å². The van der Waals surface area contributed by atoms with Gasteiger partial charge < -0.3 is 15.5 Å². The zero-order valence-electron chi connectivity index (χ0n) is 23.5. The van der Waals surface area contributed by atoms with Gasteiger partial charge in [-0.2, -0.15) is 36.7 Å². The summed E-state index contributed by atoms with van der Waals surface area (Å²) in [6.45, 7) is 12.9. The van der Waals surface area contributed by atoms with Crippen molar-refractivity contribution in [2.24, 2.45) is 17.3 Å². The summed E-state index contributed by atoms with van der Waals surface area (Å²) in [6.07, 6.45) is -6.79. The number of halogens is 6. The van der Waals surface area contributed by atoms with E-state index in [4.69, 9.17) is 5.26 Å². The maximum absolute atomic E-state index is 12.9. The Morgan fingerprint density at radius 1 is 1.22 bits per heavy atom. The van der Waals surface area contributed by atoms with E-state index in [1.165, 1.54) is 17.2 Å². The summed E-state index contributed by atoms with van der Waals surface area (Å²) in [5.41, 5.74) is -1.20. The third-order valence-corrected chi connectivity index (χ3v) is 5.99. The van der Waals surface area contributed by atoms with E-state index in [1.807, 2.05) is 20.8 Å². The van der Waals surface area contributed by atoms with Crippen LogP contribution in [0.4, 0.5) is 26.3 Å². The van der Waals surface area contributed by atoms with Crippen LogP contribution in [-0.2, 0) is 20.6 Å². The van der Waals surface area contributed by atoms with Gasteiger partial charge in [0.05, 0.1) is 29.9 Å². The third-order valence-electron chi connectivity index (χ3n) is 5.99. The normalized spacial score (nSPS) is 17.0. The van der Waals surface area contributed by atoms with Gasteiger partial charge in [-0.15, -0.1) is 0 Å². The largest absolute Gasteiger partial charge is 0.471 e. The highest BCUT2D eigenvalue weighted by Gasteiger charge is 2.41. The molecule has 0 aliphatic carbocycles. The Hall–Kier alpha value is -3.83. The molecule has 1 saturated heterocycles. The summed E-state index contributed by atoms with van der Waals surface area (Å²) in [4.78, 5) is 34.1. The number of hydrogen-bond donors (Lipinski definition) is 2. The molecule has 3 heterocycles. The Balaban J connectivity index is 0.000000363. The topological polar surface area (TPSA) is 120 Å². The van der Waals surface area contributed by atoms with Crippen LogP contribution in [0.2, 0.25) is 0 Å². The van der Waals surface area contributed by atoms with E-state index in [-0.39, 0.29) is 28.8 Å². The average Bonchev–Trinajstić information content (AvgIpc) is 3.39. The van der Waals surface area contributed by atoms with Gasteiger partial charge in [0.2, 0.25) is 12.3 Å². The lowest BCUT2D eigenvalue weighted by Gasteiger charge is -2.22. The Kier molecular flexibility index (Phi) is 12.2. The molecule has 1 aliphatic rings. The van der Waals surface area contributed by atoms with Crippen molar-refractivity contribution in [3.05, 3.63) is 35.7 Å². The first-order valence-electron chi connectivity index (χ1n) is 12.5. The van der Waals surface area contributed by atoms with Crippen LogP contribution in [0.25, 0.3) is 5.52 Å². The number of nitrogens with one attached hydrogen (secondary N) is 2. The molecule has 2 atom stereocenters. The van der Waals surface area contributed by atoms with Gasteiger partial charge in [0.25, 0.3) is 0 Å². The average molecular weight is 593 g/mol. The van der Waals surface area contributed by atoms with Crippen molar-refractivity contribution in [3.63, 3.8) is 0 Å². The van der Waals surface area contributed by atoms with Crippen molar-refractivity contribution >= 4 is 23.7 Å². The SMILES string of the molecule is CC(C)C.C[C@H]1CN(C(=O)CNC(=O)C(F)(F)F)CC1(C)C.N#CC(NC=O)c1cnn2cccc(C(F)(F)F)c12. The maximum Gasteiger partial charge on any atom is 0.471 e. The molecule has 2 N–H and O–H groups in total. The predicted molar refractivity (Wildman–Crippen MR) is 137 cm³/mol. The summed E-state index contributed by atoms with van der Waals surface area (Å²) in [5, 5.41) is 16.4. The van der Waals surface area contributed by atoms with Crippen LogP contribution in [0.5, 0.6) is 0 Å². The Bertz CT molecular complexity index is 1230. The summed E-state index contributed by atoms with van der Waals surface area (Å²) in [6, 6.07) is 2.64. The molecule has 0 spiro atoms. The van der Waals surface area contributed by atoms with Crippen molar-refractivity contribution < 1.29 is 40.7 Å². The standard InChI is InChI=1S/C11H7F3N4O.C11H17F3N2O2.C4H10/c12-11(13,14)8-2-1-3-18-10(8)7(5-17-18)9(4-15)16-6-19;1-7-5-16(6-10(7,2)3)8(17)4-15-9(18)11(12,13)14;1-4(2)3/h1-3,5-6,9H,(H,16,19);7H,4-6H2,1-3H3,(H,15,18);4H,1-3H3/t;7-;/m.0./s1. The summed E-state index contributed by atoms with van der Waals surface area (Å²) >= 11 is 0. The molecule has 9 nitrogen and oxygen atoms in total. The lowest BCUT2D eigenvalue weighted by atomic mass is 9.84. The van der Waals surface area contributed by atoms with Gasteiger partial charge >= 0.3 is 18.3 Å². The smallest absolute Gasteiger partial charge is 0.340 e. The summed E-state index contributed by atoms with van der Waals surface area (Å²) in [5.74, 6) is -1.45. The minimum atomic E-state index is -4.95. The van der Waals surface area contributed by atoms with Crippen LogP contribution in [0.15, 0.2) is 24.5 Å². The third kappa shape index (κ3) is 10.3. The van der Waals surface area contributed by atoms with Gasteiger partial charge in [0, 0.05) is 24.8 Å². The van der Waals surface area contributed by atoms with Crippen LogP contribution in [0, 0.1) is 28.6 Å². The molecule has 228 valence electrons. The molecule has 1 fully saturated rings. The lowest BCUT2D eigenvalue weighted by Crippen LogP contribution is -2.44. The second kappa shape index (κ2) is 14.2. The number of carbonyl (C=O) groups excluding carboxylic acids is 3. The van der Waals surface area contributed by atoms with Gasteiger partial charge in [-0.3, -0.25) is 14.4 Å². The Morgan fingerprint density at radius 2 is 1.80 bits per heavy atom. The minimum Gasteiger partial charge on any atom is -0.340 e. The van der Waals surface area contributed by atoms with Crippen LogP contribution in [0.1, 0.15) is 58.7 Å². The molecule has 0 radical (unpaired) electrons. The zero-order valence-corrected chi connectivity index (χ0v) is 23.5. The highest BCUT2D eigenvalue weighted by atomic mass is 19.4. The first-order chi connectivity index (χ1) is 18.8. The predicted octanol–water partition coefficient (Wildman–Crippen LogP) is 4.50. The van der Waals surface area contributed by atoms with Crippen molar-refractivity contribution in [1.82, 2.24) is 25.1 Å². The number of likely N-dealkylation sites (tertiary alicyclic amines) is 1. The molecule has 3 amide bonds. The van der Waals surface area contributed by atoms with E-state index in [1.54, 1.807) is 11.4 Å². The second-order valence-electron chi connectivity index (χ2n) is 10.7. The Labute approximate surface area is 233 Å². The van der Waals surface area contributed by atoms with E-state index >= 15 is 0 Å². The number of carbonyl (C=O) groups is 3. The van der Waals surface area contributed by atoms with Crippen LogP contribution < -0.4 is 10.6 Å². The van der Waals surface area contributed by atoms with Crippen molar-refractivity contribution in [1.29, 1.82) is 5.26 Å². The van der Waals surface area contributed by atoms with Crippen LogP contribution in [-0.4, -0.2) is 58.5 Å². The van der Waals surface area contributed by atoms with E-state index in [9.17, 15) is 40.7 Å². The monoisotopic (exact) mass is 592 g/mol. The first kappa shape index (κ1) is 35.2. The second-order valence-corrected chi connectivity index (χ2v) is 10.7. The molecule has 41 heavy (non-hydrogen) atoms. The molecule has 2 aromatic heterocycles. The number of amides is 3. The highest BCUT2D eigenvalue weighted by molar-refractivity contribution is 5.87. The molecule has 2 aromatic rings. The number of nitriles is 1. The van der Waals surface area contributed by atoms with E-state index in [0.29, 0.717) is 13.1 Å². The highest BCUT2D eigenvalue weighted by Crippen LogP contribution is 2.35. The molecule has 1 aliphatic heterocycles. The summed E-state index contributed by atoms with van der Waals surface area (Å²) in [7, 11) is 0. The van der Waals surface area contributed by atoms with Crippen molar-refractivity contribution in [2.75, 3.05) is 19.6 Å². The van der Waals surface area contributed by atoms with Gasteiger partial charge in [-0.25, -0.2) is 4.52 Å². The number of pyridine rings is 1. The number of aromatic nitrogens is 2. The Morgan fingerprint density at radius 3 is 2.24 bits per heavy atom. The fourth-order valence-corrected chi connectivity index (χ4v) is 3.62. The lowest BCUT2D eigenvalue weighted by molar-refractivity contribution is -0.174. The van der Waals surface area contributed by atoms with E-state index in [0.717, 1.165) is 22.7 Å². The number of alkyl halides is 6. The van der Waals surface area contributed by atoms with Gasteiger partial charge in [-0.1, -0.05) is 41.5 Å². The number of fused-ring (bicyclic) bond motifs is 1. The molecule has 15 heteroatoms. The number of rotatable bonds is 5. The van der Waals surface area contributed by atoms with Crippen molar-refractivity contribution in [2.45, 2.75) is 59.9 Å². The fraction of sp³-hybridized carbons (Fsp3) is 0.577. The molecule has 3 rings (SSSR count). The fourth-order valence-electron chi connectivity index (χ4n) is 3.62. The number of hydrogen-bond acceptors (Lipinski definition) is 5. The maximum atomic E-state index is 12.9. The quantitative estimate of drug-likeness (QED) is 0.392. The molecule has 0 bridgehead atoms. The zero-order chi connectivity index (χ0) is 31.8. The van der Waals surface area contributed by atoms with Gasteiger partial charge in [0.15, 0.2) is 0 Å². The molecular formula is C26H34F6N6O3. The minimum absolute atomic E-state index is 0.00234. The van der Waals surface area contributed by atoms with E-state index < -0.39 is 42.3 Å². The first-order valence-corrected chi connectivity index (χ1v) is 12.5.